The Morgan fingerprint density at radius 3 is 2.61 bits per heavy atom. The molecule has 2 aromatic rings. The lowest BCUT2D eigenvalue weighted by molar-refractivity contribution is -0.0589. The fourth-order valence-electron chi connectivity index (χ4n) is 5.82. The van der Waals surface area contributed by atoms with Gasteiger partial charge in [-0.2, -0.15) is 0 Å². The van der Waals surface area contributed by atoms with Crippen molar-refractivity contribution in [3.63, 3.8) is 0 Å². The molecular weight excluding hydrogens is 344 g/mol. The van der Waals surface area contributed by atoms with Crippen LogP contribution in [0.4, 0.5) is 0 Å². The van der Waals surface area contributed by atoms with Gasteiger partial charge < -0.3 is 10.2 Å². The molecule has 0 heterocycles. The third kappa shape index (κ3) is 3.72. The second-order valence-corrected chi connectivity index (χ2v) is 9.76. The first-order valence-corrected chi connectivity index (χ1v) is 11.0. The monoisotopic (exact) mass is 378 g/mol. The molecule has 0 radical (unpaired) electrons. The Morgan fingerprint density at radius 2 is 1.86 bits per heavy atom. The number of hydrogen-bond acceptors (Lipinski definition) is 2. The van der Waals surface area contributed by atoms with Crippen molar-refractivity contribution in [3.05, 3.63) is 65.2 Å². The largest absolute Gasteiger partial charge is 0.508 e. The number of benzene rings is 2. The number of phenols is 1. The highest BCUT2D eigenvalue weighted by molar-refractivity contribution is 5.44. The molecule has 1 saturated carbocycles. The average Bonchev–Trinajstić information content (AvgIpc) is 2.68. The third-order valence-electron chi connectivity index (χ3n) is 7.38. The second kappa shape index (κ2) is 7.55. The molecule has 2 aliphatic carbocycles. The number of phenolic OH excluding ortho intramolecular Hbond substituents is 1. The predicted molar refractivity (Wildman–Crippen MR) is 115 cm³/mol. The van der Waals surface area contributed by atoms with E-state index in [9.17, 15) is 10.2 Å². The second-order valence-electron chi connectivity index (χ2n) is 9.76. The summed E-state index contributed by atoms with van der Waals surface area (Å²) in [6.07, 6.45) is 7.97. The van der Waals surface area contributed by atoms with E-state index in [2.05, 4.69) is 50.2 Å². The quantitative estimate of drug-likeness (QED) is 0.692. The van der Waals surface area contributed by atoms with E-state index in [4.69, 9.17) is 0 Å². The van der Waals surface area contributed by atoms with Crippen LogP contribution in [0.1, 0.15) is 69.1 Å². The minimum atomic E-state index is -0.510. The van der Waals surface area contributed by atoms with Crippen LogP contribution in [-0.2, 0) is 18.3 Å². The molecule has 150 valence electrons. The molecular formula is C26H34O2. The maximum absolute atomic E-state index is 11.4. The van der Waals surface area contributed by atoms with Crippen LogP contribution in [0.25, 0.3) is 0 Å². The Labute approximate surface area is 169 Å². The van der Waals surface area contributed by atoms with Gasteiger partial charge in [0, 0.05) is 5.41 Å². The Bertz CT molecular complexity index is 812. The standard InChI is InChI=1S/C26H34O2/c1-19(2)12-13-25(28)14-15-26(17-20-6-4-3-5-7-20)22(18-25)9-8-21-16-23(27)10-11-24(21)26/h3-7,10-11,16,19,22,27-28H,8-9,12-15,17-18H2,1-2H3/t22-,25-,26+/m1/s1. The lowest BCUT2D eigenvalue weighted by Crippen LogP contribution is -2.51. The molecule has 0 amide bonds. The third-order valence-corrected chi connectivity index (χ3v) is 7.38. The van der Waals surface area contributed by atoms with Crippen molar-refractivity contribution in [2.24, 2.45) is 11.8 Å². The summed E-state index contributed by atoms with van der Waals surface area (Å²) >= 11 is 0. The van der Waals surface area contributed by atoms with E-state index in [0.29, 0.717) is 17.6 Å². The van der Waals surface area contributed by atoms with Gasteiger partial charge in [-0.1, -0.05) is 50.2 Å². The van der Waals surface area contributed by atoms with E-state index in [1.807, 2.05) is 12.1 Å². The zero-order valence-corrected chi connectivity index (χ0v) is 17.3. The first-order chi connectivity index (χ1) is 13.4. The Morgan fingerprint density at radius 1 is 1.07 bits per heavy atom. The van der Waals surface area contributed by atoms with Crippen LogP contribution in [0.5, 0.6) is 5.75 Å². The molecule has 3 atom stereocenters. The molecule has 0 unspecified atom stereocenters. The van der Waals surface area contributed by atoms with Gasteiger partial charge in [-0.05, 0) is 92.0 Å². The van der Waals surface area contributed by atoms with Crippen molar-refractivity contribution >= 4 is 0 Å². The van der Waals surface area contributed by atoms with E-state index >= 15 is 0 Å². The van der Waals surface area contributed by atoms with E-state index in [1.165, 1.54) is 16.7 Å². The van der Waals surface area contributed by atoms with Crippen LogP contribution in [0, 0.1) is 11.8 Å². The van der Waals surface area contributed by atoms with Gasteiger partial charge in [0.15, 0.2) is 0 Å². The lowest BCUT2D eigenvalue weighted by Gasteiger charge is -2.53. The fourth-order valence-corrected chi connectivity index (χ4v) is 5.82. The fraction of sp³-hybridized carbons (Fsp3) is 0.538. The number of aryl methyl sites for hydroxylation is 1. The maximum atomic E-state index is 11.4. The summed E-state index contributed by atoms with van der Waals surface area (Å²) in [6, 6.07) is 16.8. The summed E-state index contributed by atoms with van der Waals surface area (Å²) in [5, 5.41) is 21.4. The molecule has 2 nitrogen and oxygen atoms in total. The van der Waals surface area contributed by atoms with Crippen molar-refractivity contribution < 1.29 is 10.2 Å². The summed E-state index contributed by atoms with van der Waals surface area (Å²) in [5.41, 5.74) is 3.66. The van der Waals surface area contributed by atoms with Gasteiger partial charge in [-0.15, -0.1) is 0 Å². The van der Waals surface area contributed by atoms with Gasteiger partial charge in [0.05, 0.1) is 5.60 Å². The van der Waals surface area contributed by atoms with Crippen LogP contribution in [0.15, 0.2) is 48.5 Å². The number of aliphatic hydroxyl groups is 1. The smallest absolute Gasteiger partial charge is 0.115 e. The van der Waals surface area contributed by atoms with Crippen molar-refractivity contribution in [1.82, 2.24) is 0 Å². The SMILES string of the molecule is CC(C)CC[C@@]1(O)CC[C@@]2(Cc3ccccc3)c3ccc(O)cc3CC[C@@H]2C1. The first kappa shape index (κ1) is 19.5. The molecule has 0 saturated heterocycles. The molecule has 28 heavy (non-hydrogen) atoms. The Balaban J connectivity index is 1.69. The molecule has 1 fully saturated rings. The Kier molecular flexibility index (Phi) is 5.26. The average molecular weight is 379 g/mol. The molecule has 0 bridgehead atoms. The molecule has 2 N–H and O–H groups in total. The van der Waals surface area contributed by atoms with Gasteiger partial charge >= 0.3 is 0 Å². The highest BCUT2D eigenvalue weighted by atomic mass is 16.3. The molecule has 4 rings (SSSR count). The highest BCUT2D eigenvalue weighted by Crippen LogP contribution is 2.55. The van der Waals surface area contributed by atoms with Crippen molar-refractivity contribution in [2.45, 2.75) is 76.2 Å². The van der Waals surface area contributed by atoms with Crippen LogP contribution >= 0.6 is 0 Å². The van der Waals surface area contributed by atoms with Gasteiger partial charge in [0.1, 0.15) is 5.75 Å². The van der Waals surface area contributed by atoms with Crippen LogP contribution in [0.3, 0.4) is 0 Å². The van der Waals surface area contributed by atoms with E-state index in [-0.39, 0.29) is 5.41 Å². The molecule has 2 aromatic carbocycles. The van der Waals surface area contributed by atoms with Crippen molar-refractivity contribution in [1.29, 1.82) is 0 Å². The lowest BCUT2D eigenvalue weighted by atomic mass is 9.52. The summed E-state index contributed by atoms with van der Waals surface area (Å²) < 4.78 is 0. The van der Waals surface area contributed by atoms with E-state index in [0.717, 1.165) is 51.4 Å². The number of aromatic hydroxyl groups is 1. The van der Waals surface area contributed by atoms with E-state index in [1.54, 1.807) is 0 Å². The summed E-state index contributed by atoms with van der Waals surface area (Å²) in [7, 11) is 0. The molecule has 0 aliphatic heterocycles. The van der Waals surface area contributed by atoms with Gasteiger partial charge in [-0.3, -0.25) is 0 Å². The molecule has 0 spiro atoms. The topological polar surface area (TPSA) is 40.5 Å². The zero-order chi connectivity index (χ0) is 19.8. The molecule has 2 heteroatoms. The molecule has 0 aromatic heterocycles. The maximum Gasteiger partial charge on any atom is 0.115 e. The van der Waals surface area contributed by atoms with Crippen LogP contribution < -0.4 is 0 Å². The number of fused-ring (bicyclic) bond motifs is 3. The van der Waals surface area contributed by atoms with Crippen LogP contribution in [-0.4, -0.2) is 15.8 Å². The highest BCUT2D eigenvalue weighted by Gasteiger charge is 2.51. The number of rotatable bonds is 5. The zero-order valence-electron chi connectivity index (χ0n) is 17.3. The summed E-state index contributed by atoms with van der Waals surface area (Å²) in [5.74, 6) is 1.50. The number of hydrogen-bond donors (Lipinski definition) is 2. The van der Waals surface area contributed by atoms with Gasteiger partial charge in [0.25, 0.3) is 0 Å². The van der Waals surface area contributed by atoms with Crippen LogP contribution in [0.2, 0.25) is 0 Å². The first-order valence-electron chi connectivity index (χ1n) is 11.0. The summed E-state index contributed by atoms with van der Waals surface area (Å²) in [6.45, 7) is 4.49. The Hall–Kier alpha value is -1.80. The predicted octanol–water partition coefficient (Wildman–Crippen LogP) is 5.79. The van der Waals surface area contributed by atoms with Crippen molar-refractivity contribution in [3.8, 4) is 5.75 Å². The minimum absolute atomic E-state index is 0.0761. The molecule has 2 aliphatic rings. The van der Waals surface area contributed by atoms with Crippen molar-refractivity contribution in [2.75, 3.05) is 0 Å². The summed E-state index contributed by atoms with van der Waals surface area (Å²) in [4.78, 5) is 0. The van der Waals surface area contributed by atoms with E-state index < -0.39 is 5.60 Å². The van der Waals surface area contributed by atoms with Gasteiger partial charge in [-0.25, -0.2) is 0 Å². The minimum Gasteiger partial charge on any atom is -0.508 e. The normalized spacial score (nSPS) is 29.4. The van der Waals surface area contributed by atoms with Gasteiger partial charge in [0.2, 0.25) is 0 Å².